The van der Waals surface area contributed by atoms with Crippen molar-refractivity contribution in [2.45, 2.75) is 82.8 Å². The predicted molar refractivity (Wildman–Crippen MR) is 190 cm³/mol. The molecule has 12 nitrogen and oxygen atoms in total. The van der Waals surface area contributed by atoms with Crippen LogP contribution in [0.3, 0.4) is 0 Å². The van der Waals surface area contributed by atoms with Crippen LogP contribution >= 0.6 is 22.9 Å². The van der Waals surface area contributed by atoms with Crippen LogP contribution in [-0.2, 0) is 19.3 Å². The second kappa shape index (κ2) is 12.9. The summed E-state index contributed by atoms with van der Waals surface area (Å²) in [6.07, 6.45) is 0.669. The van der Waals surface area contributed by atoms with E-state index in [0.29, 0.717) is 30.2 Å². The van der Waals surface area contributed by atoms with Gasteiger partial charge >= 0.3 is 12.2 Å². The van der Waals surface area contributed by atoms with Crippen LogP contribution in [0.4, 0.5) is 33.6 Å². The molecule has 1 N–H and O–H groups in total. The number of anilines is 2. The van der Waals surface area contributed by atoms with Crippen LogP contribution in [0.2, 0.25) is 5.02 Å². The molecule has 2 unspecified atom stereocenters. The highest BCUT2D eigenvalue weighted by Crippen LogP contribution is 2.48. The lowest BCUT2D eigenvalue weighted by Crippen LogP contribution is -2.57. The average molecular weight is 779 g/mol. The van der Waals surface area contributed by atoms with E-state index in [1.807, 2.05) is 6.07 Å². The fourth-order valence-electron chi connectivity index (χ4n) is 6.53. The maximum atomic E-state index is 17.0. The minimum absolute atomic E-state index is 0.000591. The summed E-state index contributed by atoms with van der Waals surface area (Å²) in [5.74, 6) is -3.59. The molecule has 6 rings (SSSR count). The smallest absolute Gasteiger partial charge is 0.412 e. The Morgan fingerprint density at radius 1 is 1.00 bits per heavy atom. The molecule has 52 heavy (non-hydrogen) atoms. The van der Waals surface area contributed by atoms with E-state index >= 15 is 13.2 Å². The van der Waals surface area contributed by atoms with Gasteiger partial charge in [0.05, 0.1) is 27.4 Å². The minimum atomic E-state index is -4.15. The van der Waals surface area contributed by atoms with Crippen LogP contribution in [0.15, 0.2) is 17.3 Å². The second-order valence-corrected chi connectivity index (χ2v) is 18.0. The summed E-state index contributed by atoms with van der Waals surface area (Å²) >= 11 is 7.33. The van der Waals surface area contributed by atoms with Crippen molar-refractivity contribution < 1.29 is 40.7 Å². The first-order valence-electron chi connectivity index (χ1n) is 16.1. The van der Waals surface area contributed by atoms with Gasteiger partial charge in [0.2, 0.25) is 15.0 Å². The number of hydrogen-bond acceptors (Lipinski definition) is 11. The van der Waals surface area contributed by atoms with Crippen molar-refractivity contribution in [3.8, 4) is 17.2 Å². The highest BCUT2D eigenvalue weighted by Gasteiger charge is 2.45. The van der Waals surface area contributed by atoms with Gasteiger partial charge in [0, 0.05) is 47.3 Å². The first kappa shape index (κ1) is 37.4. The molecule has 4 aromatic rings. The first-order valence-corrected chi connectivity index (χ1v) is 19.2. The lowest BCUT2D eigenvalue weighted by atomic mass is 9.96. The topological polar surface area (TPSA) is 155 Å². The summed E-state index contributed by atoms with van der Waals surface area (Å²) in [5, 5.41) is 10.9. The highest BCUT2D eigenvalue weighted by molar-refractivity contribution is 7.90. The van der Waals surface area contributed by atoms with E-state index in [0.717, 1.165) is 6.26 Å². The fourth-order valence-corrected chi connectivity index (χ4v) is 8.37. The largest absolute Gasteiger partial charge is 0.444 e. The van der Waals surface area contributed by atoms with Gasteiger partial charge in [-0.05, 0) is 60.5 Å². The molecule has 2 atom stereocenters. The molecule has 0 aliphatic carbocycles. The number of benzene rings is 2. The molecule has 2 amide bonds. The van der Waals surface area contributed by atoms with E-state index in [4.69, 9.17) is 21.1 Å². The number of nitriles is 1. The van der Waals surface area contributed by atoms with E-state index in [1.54, 1.807) is 51.3 Å². The Bertz CT molecular complexity index is 2320. The Balaban J connectivity index is 1.52. The van der Waals surface area contributed by atoms with Gasteiger partial charge < -0.3 is 14.4 Å². The van der Waals surface area contributed by atoms with Gasteiger partial charge in [0.15, 0.2) is 5.82 Å². The molecule has 2 aliphatic heterocycles. The van der Waals surface area contributed by atoms with Crippen LogP contribution in [0, 0.1) is 28.8 Å². The number of piperazine rings is 1. The van der Waals surface area contributed by atoms with Crippen LogP contribution in [-0.4, -0.2) is 78.1 Å². The highest BCUT2D eigenvalue weighted by atomic mass is 35.5. The molecule has 2 aliphatic rings. The monoisotopic (exact) mass is 778 g/mol. The van der Waals surface area contributed by atoms with Crippen molar-refractivity contribution in [1.82, 2.24) is 14.9 Å². The number of carbonyl (C=O) groups excluding carboxylic acids is 2. The Kier molecular flexibility index (Phi) is 9.28. The summed E-state index contributed by atoms with van der Waals surface area (Å²) in [7, 11) is -4.15. The Labute approximate surface area is 306 Å². The number of nitrogens with zero attached hydrogens (tertiary/aromatic N) is 5. The summed E-state index contributed by atoms with van der Waals surface area (Å²) in [6.45, 7) is 10.5. The molecule has 276 valence electrons. The zero-order valence-electron chi connectivity index (χ0n) is 29.2. The van der Waals surface area contributed by atoms with Gasteiger partial charge in [0.25, 0.3) is 0 Å². The van der Waals surface area contributed by atoms with E-state index in [9.17, 15) is 23.3 Å². The summed E-state index contributed by atoms with van der Waals surface area (Å²) < 4.78 is 84.4. The third-order valence-corrected chi connectivity index (χ3v) is 10.7. The standard InChI is InChI=1S/C34H34ClF3N6O6S2/c1-33(2,3)49-31(45)42-29-18(12-39)22-24(20(36)11-21(37)27(22)51-29)23-19(35)10-17-26(25(23)38)40-30(52(7,47)48)41-28(17)43-13-15-8-9-16(14-43)44(15)32(46)50-34(4,5)6/h10-11,15-16H,8-9,13-14H2,1-7H3,(H,42,45). The number of amides is 2. The zero-order chi connectivity index (χ0) is 38.2. The summed E-state index contributed by atoms with van der Waals surface area (Å²) in [5.41, 5.74) is -3.77. The molecule has 2 aromatic heterocycles. The summed E-state index contributed by atoms with van der Waals surface area (Å²) in [6, 6.07) is 2.94. The quantitative estimate of drug-likeness (QED) is 0.203. The maximum Gasteiger partial charge on any atom is 0.412 e. The van der Waals surface area contributed by atoms with E-state index in [-0.39, 0.29) is 62.1 Å². The van der Waals surface area contributed by atoms with Crippen LogP contribution in [0.1, 0.15) is 59.9 Å². The number of hydrogen-bond donors (Lipinski definition) is 1. The Morgan fingerprint density at radius 2 is 1.62 bits per heavy atom. The first-order chi connectivity index (χ1) is 24.1. The molecular weight excluding hydrogens is 745 g/mol. The molecule has 2 saturated heterocycles. The van der Waals surface area contributed by atoms with Crippen molar-refractivity contribution in [2.24, 2.45) is 0 Å². The van der Waals surface area contributed by atoms with Gasteiger partial charge in [-0.1, -0.05) is 11.6 Å². The molecular formula is C34H34ClF3N6O6S2. The van der Waals surface area contributed by atoms with Gasteiger partial charge in [-0.15, -0.1) is 11.3 Å². The van der Waals surface area contributed by atoms with Crippen molar-refractivity contribution >= 4 is 76.8 Å². The van der Waals surface area contributed by atoms with Crippen LogP contribution < -0.4 is 10.2 Å². The van der Waals surface area contributed by atoms with E-state index in [1.165, 1.54) is 6.07 Å². The normalized spacial score (nSPS) is 17.8. The average Bonchev–Trinajstić information content (AvgIpc) is 3.49. The lowest BCUT2D eigenvalue weighted by Gasteiger charge is -2.42. The van der Waals surface area contributed by atoms with E-state index < -0.39 is 72.5 Å². The number of ether oxygens (including phenoxy) is 2. The van der Waals surface area contributed by atoms with Gasteiger partial charge in [-0.3, -0.25) is 10.2 Å². The zero-order valence-corrected chi connectivity index (χ0v) is 31.5. The molecule has 2 aromatic carbocycles. The number of nitrogens with one attached hydrogen (secondary N) is 1. The van der Waals surface area contributed by atoms with Crippen molar-refractivity contribution in [2.75, 3.05) is 29.6 Å². The SMILES string of the molecule is CC(C)(C)OC(=O)Nc1sc2c(F)cc(F)c(-c3c(Cl)cc4c(N5CC6CCC(C5)N6C(=O)OC(C)(C)C)nc(S(C)(=O)=O)nc4c3F)c2c1C#N. The van der Waals surface area contributed by atoms with Crippen molar-refractivity contribution in [3.05, 3.63) is 40.2 Å². The number of aromatic nitrogens is 2. The third-order valence-electron chi connectivity index (χ3n) is 8.40. The van der Waals surface area contributed by atoms with Crippen LogP contribution in [0.5, 0.6) is 0 Å². The second-order valence-electron chi connectivity index (χ2n) is 14.7. The third kappa shape index (κ3) is 6.91. The number of rotatable bonds is 4. The van der Waals surface area contributed by atoms with Gasteiger partial charge in [-0.25, -0.2) is 41.1 Å². The van der Waals surface area contributed by atoms with Crippen molar-refractivity contribution in [3.63, 3.8) is 0 Å². The molecule has 4 heterocycles. The minimum Gasteiger partial charge on any atom is -0.444 e. The molecule has 0 radical (unpaired) electrons. The Morgan fingerprint density at radius 3 is 2.17 bits per heavy atom. The lowest BCUT2D eigenvalue weighted by molar-refractivity contribution is 0.0122. The predicted octanol–water partition coefficient (Wildman–Crippen LogP) is 7.79. The fraction of sp³-hybridized carbons (Fsp3) is 0.441. The number of halogens is 4. The molecule has 2 fully saturated rings. The van der Waals surface area contributed by atoms with E-state index in [2.05, 4.69) is 15.3 Å². The number of carbonyl (C=O) groups is 2. The van der Waals surface area contributed by atoms with Crippen LogP contribution in [0.25, 0.3) is 32.1 Å². The van der Waals surface area contributed by atoms with Gasteiger partial charge in [-0.2, -0.15) is 5.26 Å². The van der Waals surface area contributed by atoms with Gasteiger partial charge in [0.1, 0.15) is 45.2 Å². The molecule has 2 bridgehead atoms. The number of sulfone groups is 1. The number of fused-ring (bicyclic) bond motifs is 4. The number of thiophene rings is 1. The summed E-state index contributed by atoms with van der Waals surface area (Å²) in [4.78, 5) is 37.4. The molecule has 18 heteroatoms. The van der Waals surface area contributed by atoms with Crippen molar-refractivity contribution in [1.29, 1.82) is 5.26 Å². The maximum absolute atomic E-state index is 17.0. The molecule has 0 saturated carbocycles. The molecule has 0 spiro atoms. The Hall–Kier alpha value is -4.40.